The lowest BCUT2D eigenvalue weighted by atomic mass is 9.81. The predicted molar refractivity (Wildman–Crippen MR) is 81.2 cm³/mol. The van der Waals surface area contributed by atoms with Crippen LogP contribution in [0.4, 0.5) is 0 Å². The van der Waals surface area contributed by atoms with Gasteiger partial charge in [0.05, 0.1) is 5.41 Å². The number of carboxylic acids is 1. The summed E-state index contributed by atoms with van der Waals surface area (Å²) in [6, 6.07) is 0. The molecule has 2 heterocycles. The standard InChI is InChI=1S/C17H29NO3/c19-16(20)17-8-3-5-15(17)12-18(13-17)9-2-1-4-14-6-10-21-11-7-14/h14-15H,1-13H2,(H,19,20)/t15-,17+/m0/s1. The molecule has 0 radical (unpaired) electrons. The van der Waals surface area contributed by atoms with E-state index in [2.05, 4.69) is 4.90 Å². The van der Waals surface area contributed by atoms with E-state index in [9.17, 15) is 9.90 Å². The van der Waals surface area contributed by atoms with Crippen LogP contribution < -0.4 is 0 Å². The molecule has 3 rings (SSSR count). The molecule has 0 spiro atoms. The van der Waals surface area contributed by atoms with Crippen molar-refractivity contribution in [2.75, 3.05) is 32.8 Å². The molecular weight excluding hydrogens is 266 g/mol. The van der Waals surface area contributed by atoms with Gasteiger partial charge in [0.15, 0.2) is 0 Å². The molecule has 1 saturated carbocycles. The van der Waals surface area contributed by atoms with Crippen molar-refractivity contribution in [3.8, 4) is 0 Å². The lowest BCUT2D eigenvalue weighted by Gasteiger charge is -2.24. The Bertz CT molecular complexity index is 367. The Morgan fingerprint density at radius 3 is 2.76 bits per heavy atom. The van der Waals surface area contributed by atoms with Crippen LogP contribution in [0.2, 0.25) is 0 Å². The zero-order chi connectivity index (χ0) is 14.7. The predicted octanol–water partition coefficient (Wildman–Crippen LogP) is 2.77. The third kappa shape index (κ3) is 3.26. The van der Waals surface area contributed by atoms with Crippen molar-refractivity contribution < 1.29 is 14.6 Å². The third-order valence-corrected chi connectivity index (χ3v) is 6.04. The number of likely N-dealkylation sites (tertiary alicyclic amines) is 1. The highest BCUT2D eigenvalue weighted by molar-refractivity contribution is 5.76. The Kier molecular flexibility index (Phi) is 4.85. The van der Waals surface area contributed by atoms with Crippen LogP contribution in [0.15, 0.2) is 0 Å². The first kappa shape index (κ1) is 15.3. The first-order chi connectivity index (χ1) is 10.2. The van der Waals surface area contributed by atoms with Gasteiger partial charge in [-0.1, -0.05) is 19.3 Å². The maximum absolute atomic E-state index is 11.6. The monoisotopic (exact) mass is 295 g/mol. The zero-order valence-corrected chi connectivity index (χ0v) is 13.1. The van der Waals surface area contributed by atoms with Gasteiger partial charge >= 0.3 is 5.97 Å². The minimum Gasteiger partial charge on any atom is -0.481 e. The number of unbranched alkanes of at least 4 members (excludes halogenated alkanes) is 1. The van der Waals surface area contributed by atoms with Crippen molar-refractivity contribution in [1.82, 2.24) is 4.90 Å². The molecule has 4 nitrogen and oxygen atoms in total. The van der Waals surface area contributed by atoms with Gasteiger partial charge < -0.3 is 14.7 Å². The van der Waals surface area contributed by atoms with Gasteiger partial charge in [-0.3, -0.25) is 4.79 Å². The molecule has 0 aromatic rings. The smallest absolute Gasteiger partial charge is 0.311 e. The minimum atomic E-state index is -0.547. The van der Waals surface area contributed by atoms with Crippen molar-refractivity contribution in [3.63, 3.8) is 0 Å². The Hall–Kier alpha value is -0.610. The highest BCUT2D eigenvalue weighted by Crippen LogP contribution is 2.48. The summed E-state index contributed by atoms with van der Waals surface area (Å²) < 4.78 is 5.40. The van der Waals surface area contributed by atoms with Crippen molar-refractivity contribution in [2.45, 2.75) is 51.4 Å². The summed E-state index contributed by atoms with van der Waals surface area (Å²) in [5, 5.41) is 9.60. The summed E-state index contributed by atoms with van der Waals surface area (Å²) in [6.07, 6.45) is 9.41. The second kappa shape index (κ2) is 6.66. The summed E-state index contributed by atoms with van der Waals surface area (Å²) in [6.45, 7) is 4.79. The number of ether oxygens (including phenoxy) is 1. The van der Waals surface area contributed by atoms with Gasteiger partial charge in [-0.25, -0.2) is 0 Å². The van der Waals surface area contributed by atoms with E-state index in [1.807, 2.05) is 0 Å². The van der Waals surface area contributed by atoms with Gasteiger partial charge in [-0.2, -0.15) is 0 Å². The molecule has 4 heteroatoms. The van der Waals surface area contributed by atoms with Gasteiger partial charge in [-0.15, -0.1) is 0 Å². The Morgan fingerprint density at radius 2 is 2.05 bits per heavy atom. The van der Waals surface area contributed by atoms with Gasteiger partial charge in [0.25, 0.3) is 0 Å². The van der Waals surface area contributed by atoms with E-state index in [1.165, 1.54) is 32.1 Å². The van der Waals surface area contributed by atoms with E-state index in [1.54, 1.807) is 0 Å². The van der Waals surface area contributed by atoms with E-state index in [0.29, 0.717) is 5.92 Å². The molecule has 2 atom stereocenters. The van der Waals surface area contributed by atoms with E-state index in [-0.39, 0.29) is 0 Å². The molecule has 2 saturated heterocycles. The largest absolute Gasteiger partial charge is 0.481 e. The first-order valence-electron chi connectivity index (χ1n) is 8.74. The Labute approximate surface area is 127 Å². The van der Waals surface area contributed by atoms with Crippen LogP contribution in [-0.4, -0.2) is 48.8 Å². The molecule has 0 aromatic heterocycles. The fourth-order valence-corrected chi connectivity index (χ4v) is 4.72. The van der Waals surface area contributed by atoms with Crippen molar-refractivity contribution in [3.05, 3.63) is 0 Å². The van der Waals surface area contributed by atoms with Gasteiger partial charge in [0, 0.05) is 26.3 Å². The molecule has 3 fully saturated rings. The number of hydrogen-bond donors (Lipinski definition) is 1. The maximum atomic E-state index is 11.6. The van der Waals surface area contributed by atoms with Crippen LogP contribution in [0.3, 0.4) is 0 Å². The van der Waals surface area contributed by atoms with E-state index < -0.39 is 11.4 Å². The topological polar surface area (TPSA) is 49.8 Å². The third-order valence-electron chi connectivity index (χ3n) is 6.04. The van der Waals surface area contributed by atoms with Gasteiger partial charge in [0.2, 0.25) is 0 Å². The van der Waals surface area contributed by atoms with Crippen LogP contribution in [0.5, 0.6) is 0 Å². The maximum Gasteiger partial charge on any atom is 0.311 e. The van der Waals surface area contributed by atoms with Crippen molar-refractivity contribution in [2.24, 2.45) is 17.3 Å². The molecule has 21 heavy (non-hydrogen) atoms. The summed E-state index contributed by atoms with van der Waals surface area (Å²) >= 11 is 0. The Morgan fingerprint density at radius 1 is 1.24 bits per heavy atom. The van der Waals surface area contributed by atoms with Gasteiger partial charge in [-0.05, 0) is 50.5 Å². The second-order valence-electron chi connectivity index (χ2n) is 7.34. The Balaban J connectivity index is 1.38. The molecule has 0 amide bonds. The highest BCUT2D eigenvalue weighted by Gasteiger charge is 2.54. The molecule has 0 bridgehead atoms. The normalized spacial score (nSPS) is 34.2. The van der Waals surface area contributed by atoms with Crippen LogP contribution in [0.1, 0.15) is 51.4 Å². The van der Waals surface area contributed by atoms with Crippen LogP contribution >= 0.6 is 0 Å². The lowest BCUT2D eigenvalue weighted by Crippen LogP contribution is -2.35. The van der Waals surface area contributed by atoms with Crippen LogP contribution in [-0.2, 0) is 9.53 Å². The molecular formula is C17H29NO3. The summed E-state index contributed by atoms with van der Waals surface area (Å²) in [4.78, 5) is 14.1. The molecule has 1 N–H and O–H groups in total. The summed E-state index contributed by atoms with van der Waals surface area (Å²) in [5.74, 6) is 0.724. The average Bonchev–Trinajstić information content (AvgIpc) is 3.02. The second-order valence-corrected chi connectivity index (χ2v) is 7.34. The van der Waals surface area contributed by atoms with E-state index >= 15 is 0 Å². The molecule has 120 valence electrons. The molecule has 3 aliphatic rings. The SMILES string of the molecule is O=C(O)[C@@]12CCC[C@H]1CN(CCCCC1CCOCC1)C2. The number of rotatable bonds is 6. The van der Waals surface area contributed by atoms with Crippen molar-refractivity contribution in [1.29, 1.82) is 0 Å². The number of fused-ring (bicyclic) bond motifs is 1. The summed E-state index contributed by atoms with van der Waals surface area (Å²) in [7, 11) is 0. The van der Waals surface area contributed by atoms with Gasteiger partial charge in [0.1, 0.15) is 0 Å². The van der Waals surface area contributed by atoms with Crippen LogP contribution in [0.25, 0.3) is 0 Å². The number of nitrogens with zero attached hydrogens (tertiary/aromatic N) is 1. The van der Waals surface area contributed by atoms with Crippen molar-refractivity contribution >= 4 is 5.97 Å². The number of hydrogen-bond acceptors (Lipinski definition) is 3. The molecule has 0 unspecified atom stereocenters. The number of aliphatic carboxylic acids is 1. The minimum absolute atomic E-state index is 0.402. The molecule has 2 aliphatic heterocycles. The number of carbonyl (C=O) groups is 1. The van der Waals surface area contributed by atoms with E-state index in [0.717, 1.165) is 58.0 Å². The quantitative estimate of drug-likeness (QED) is 0.766. The fourth-order valence-electron chi connectivity index (χ4n) is 4.72. The fraction of sp³-hybridized carbons (Fsp3) is 0.941. The molecule has 0 aromatic carbocycles. The highest BCUT2D eigenvalue weighted by atomic mass is 16.5. The first-order valence-corrected chi connectivity index (χ1v) is 8.74. The zero-order valence-electron chi connectivity index (χ0n) is 13.1. The summed E-state index contributed by atoms with van der Waals surface area (Å²) in [5.41, 5.74) is -0.402. The van der Waals surface area contributed by atoms with Crippen LogP contribution in [0, 0.1) is 17.3 Å². The lowest BCUT2D eigenvalue weighted by molar-refractivity contribution is -0.149. The average molecular weight is 295 g/mol. The number of carboxylic acid groups (broad SMARTS) is 1. The van der Waals surface area contributed by atoms with E-state index in [4.69, 9.17) is 4.74 Å². The molecule has 1 aliphatic carbocycles.